The van der Waals surface area contributed by atoms with Gasteiger partial charge in [0, 0.05) is 23.2 Å². The lowest BCUT2D eigenvalue weighted by molar-refractivity contribution is -0.182. The van der Waals surface area contributed by atoms with Crippen LogP contribution in [-0.2, 0) is 4.74 Å². The molecule has 5 nitrogen and oxygen atoms in total. The number of amides is 1. The molecule has 4 rings (SSSR count). The highest BCUT2D eigenvalue weighted by molar-refractivity contribution is 6.30. The largest absolute Gasteiger partial charge is 0.355 e. The molecule has 132 valence electrons. The average molecular weight is 361 g/mol. The van der Waals surface area contributed by atoms with Crippen LogP contribution < -0.4 is 0 Å². The zero-order valence-corrected chi connectivity index (χ0v) is 14.8. The highest BCUT2D eigenvalue weighted by Gasteiger charge is 2.44. The molecule has 2 fully saturated rings. The molecule has 1 amide bonds. The quantitative estimate of drug-likeness (QED) is 0.790. The number of ether oxygens (including phenoxy) is 1. The topological polar surface area (TPSA) is 55.6 Å². The first-order valence-corrected chi connectivity index (χ1v) is 9.24. The van der Waals surface area contributed by atoms with E-state index >= 15 is 0 Å². The maximum atomic E-state index is 13.1. The van der Waals surface area contributed by atoms with E-state index in [1.807, 2.05) is 17.0 Å². The lowest BCUT2D eigenvalue weighted by Crippen LogP contribution is -2.58. The summed E-state index contributed by atoms with van der Waals surface area (Å²) in [4.78, 5) is 14.9. The van der Waals surface area contributed by atoms with Gasteiger partial charge in [0.05, 0.1) is 6.61 Å². The van der Waals surface area contributed by atoms with Crippen LogP contribution in [0.1, 0.15) is 49.0 Å². The summed E-state index contributed by atoms with van der Waals surface area (Å²) >= 11 is 5.92. The molecular formula is C19H21ClN2O3. The van der Waals surface area contributed by atoms with Gasteiger partial charge < -0.3 is 14.2 Å². The fraction of sp³-hybridized carbons (Fsp3) is 0.474. The van der Waals surface area contributed by atoms with Crippen LogP contribution in [0.15, 0.2) is 34.9 Å². The van der Waals surface area contributed by atoms with E-state index in [2.05, 4.69) is 5.16 Å². The van der Waals surface area contributed by atoms with Crippen LogP contribution in [0, 0.1) is 0 Å². The zero-order chi connectivity index (χ0) is 17.3. The van der Waals surface area contributed by atoms with Gasteiger partial charge in [-0.15, -0.1) is 0 Å². The lowest BCUT2D eigenvalue weighted by Gasteiger charge is -2.48. The second-order valence-corrected chi connectivity index (χ2v) is 7.19. The van der Waals surface area contributed by atoms with Gasteiger partial charge in [0.15, 0.2) is 11.5 Å². The molecule has 25 heavy (non-hydrogen) atoms. The monoisotopic (exact) mass is 360 g/mol. The Hall–Kier alpha value is -1.85. The predicted molar refractivity (Wildman–Crippen MR) is 94.4 cm³/mol. The Morgan fingerprint density at radius 1 is 1.12 bits per heavy atom. The number of carbonyl (C=O) groups excluding carboxylic acids is 1. The minimum atomic E-state index is -0.451. The molecule has 1 aromatic carbocycles. The standard InChI is InChI=1S/C19H21ClN2O3/c20-15-7-5-14(6-8-15)17-13-16(21-25-17)18(23)22-11-4-12-24-19(22)9-2-1-3-10-19/h5-8,13H,1-4,9-12H2. The lowest BCUT2D eigenvalue weighted by atomic mass is 9.88. The van der Waals surface area contributed by atoms with Crippen molar-refractivity contribution in [2.24, 2.45) is 0 Å². The van der Waals surface area contributed by atoms with Crippen LogP contribution in [-0.4, -0.2) is 34.8 Å². The van der Waals surface area contributed by atoms with E-state index in [-0.39, 0.29) is 5.91 Å². The van der Waals surface area contributed by atoms with E-state index in [0.717, 1.165) is 44.3 Å². The third-order valence-electron chi connectivity index (χ3n) is 5.13. The van der Waals surface area contributed by atoms with E-state index in [4.69, 9.17) is 20.9 Å². The van der Waals surface area contributed by atoms with E-state index in [0.29, 0.717) is 23.0 Å². The highest BCUT2D eigenvalue weighted by atomic mass is 35.5. The number of rotatable bonds is 2. The molecular weight excluding hydrogens is 340 g/mol. The van der Waals surface area contributed by atoms with Crippen molar-refractivity contribution < 1.29 is 14.1 Å². The summed E-state index contributed by atoms with van der Waals surface area (Å²) in [6.45, 7) is 1.43. The van der Waals surface area contributed by atoms with Crippen molar-refractivity contribution in [3.8, 4) is 11.3 Å². The maximum Gasteiger partial charge on any atom is 0.278 e. The summed E-state index contributed by atoms with van der Waals surface area (Å²) in [6.07, 6.45) is 6.06. The summed E-state index contributed by atoms with van der Waals surface area (Å²) < 4.78 is 11.5. The normalized spacial score (nSPS) is 20.0. The zero-order valence-electron chi connectivity index (χ0n) is 14.0. The Bertz CT molecular complexity index is 742. The van der Waals surface area contributed by atoms with Gasteiger partial charge in [-0.1, -0.05) is 23.2 Å². The van der Waals surface area contributed by atoms with Crippen molar-refractivity contribution >= 4 is 17.5 Å². The molecule has 0 bridgehead atoms. The Labute approximate surface area is 151 Å². The molecule has 1 saturated carbocycles. The molecule has 1 aromatic heterocycles. The van der Waals surface area contributed by atoms with Crippen LogP contribution in [0.3, 0.4) is 0 Å². The van der Waals surface area contributed by atoms with Gasteiger partial charge in [-0.25, -0.2) is 0 Å². The summed E-state index contributed by atoms with van der Waals surface area (Å²) in [6, 6.07) is 8.98. The van der Waals surface area contributed by atoms with E-state index in [9.17, 15) is 4.79 Å². The van der Waals surface area contributed by atoms with Gasteiger partial charge in [-0.2, -0.15) is 0 Å². The molecule has 2 aromatic rings. The van der Waals surface area contributed by atoms with Crippen LogP contribution in [0.2, 0.25) is 5.02 Å². The fourth-order valence-corrected chi connectivity index (χ4v) is 3.96. The summed E-state index contributed by atoms with van der Waals surface area (Å²) in [5, 5.41) is 4.67. The number of benzene rings is 1. The summed E-state index contributed by atoms with van der Waals surface area (Å²) in [7, 11) is 0. The smallest absolute Gasteiger partial charge is 0.278 e. The average Bonchev–Trinajstić information content (AvgIpc) is 3.13. The number of halogens is 1. The molecule has 2 heterocycles. The van der Waals surface area contributed by atoms with E-state index in [1.165, 1.54) is 6.42 Å². The summed E-state index contributed by atoms with van der Waals surface area (Å²) in [5.74, 6) is 0.459. The second kappa shape index (κ2) is 6.81. The van der Waals surface area contributed by atoms with Gasteiger partial charge in [-0.3, -0.25) is 4.79 Å². The maximum absolute atomic E-state index is 13.1. The second-order valence-electron chi connectivity index (χ2n) is 6.75. The Morgan fingerprint density at radius 2 is 1.88 bits per heavy atom. The number of hydrogen-bond acceptors (Lipinski definition) is 4. The van der Waals surface area contributed by atoms with Gasteiger partial charge in [0.25, 0.3) is 5.91 Å². The first kappa shape index (κ1) is 16.6. The number of carbonyl (C=O) groups is 1. The van der Waals surface area contributed by atoms with E-state index < -0.39 is 5.72 Å². The molecule has 1 spiro atoms. The SMILES string of the molecule is O=C(c1cc(-c2ccc(Cl)cc2)on1)N1CCCOC12CCCCC2. The van der Waals surface area contributed by atoms with Gasteiger partial charge >= 0.3 is 0 Å². The molecule has 1 aliphatic carbocycles. The van der Waals surface area contributed by atoms with Crippen molar-refractivity contribution in [2.75, 3.05) is 13.2 Å². The van der Waals surface area contributed by atoms with Crippen LogP contribution in [0.5, 0.6) is 0 Å². The third kappa shape index (κ3) is 3.18. The van der Waals surface area contributed by atoms with Crippen LogP contribution in [0.4, 0.5) is 0 Å². The van der Waals surface area contributed by atoms with E-state index in [1.54, 1.807) is 18.2 Å². The molecule has 0 atom stereocenters. The third-order valence-corrected chi connectivity index (χ3v) is 5.38. The Morgan fingerprint density at radius 3 is 2.64 bits per heavy atom. The molecule has 1 aliphatic heterocycles. The number of aromatic nitrogens is 1. The first-order chi connectivity index (χ1) is 12.2. The molecule has 0 unspecified atom stereocenters. The number of hydrogen-bond donors (Lipinski definition) is 0. The Balaban J connectivity index is 1.58. The van der Waals surface area contributed by atoms with Crippen molar-refractivity contribution in [3.63, 3.8) is 0 Å². The Kier molecular flexibility index (Phi) is 4.52. The fourth-order valence-electron chi connectivity index (χ4n) is 3.84. The van der Waals surface area contributed by atoms with Crippen molar-refractivity contribution in [3.05, 3.63) is 41.0 Å². The molecule has 2 aliphatic rings. The minimum Gasteiger partial charge on any atom is -0.355 e. The van der Waals surface area contributed by atoms with Crippen molar-refractivity contribution in [1.82, 2.24) is 10.1 Å². The molecule has 1 saturated heterocycles. The molecule has 6 heteroatoms. The summed E-state index contributed by atoms with van der Waals surface area (Å²) in [5.41, 5.74) is 0.728. The van der Waals surface area contributed by atoms with Crippen molar-refractivity contribution in [1.29, 1.82) is 0 Å². The first-order valence-electron chi connectivity index (χ1n) is 8.87. The van der Waals surface area contributed by atoms with Gasteiger partial charge in [0.1, 0.15) is 5.72 Å². The van der Waals surface area contributed by atoms with Gasteiger partial charge in [-0.05, 0) is 56.4 Å². The predicted octanol–water partition coefficient (Wildman–Crippen LogP) is 4.52. The number of nitrogens with zero attached hydrogens (tertiary/aromatic N) is 2. The highest BCUT2D eigenvalue weighted by Crippen LogP contribution is 2.38. The molecule has 0 radical (unpaired) electrons. The minimum absolute atomic E-state index is 0.106. The van der Waals surface area contributed by atoms with Gasteiger partial charge in [0.2, 0.25) is 0 Å². The van der Waals surface area contributed by atoms with Crippen LogP contribution in [0.25, 0.3) is 11.3 Å². The van der Waals surface area contributed by atoms with Crippen molar-refractivity contribution in [2.45, 2.75) is 44.2 Å². The molecule has 0 N–H and O–H groups in total. The van der Waals surface area contributed by atoms with Crippen LogP contribution >= 0.6 is 11.6 Å².